The third kappa shape index (κ3) is 4.09. The SMILES string of the molecule is O=C(CN1CCN(CCO)[C@H]2CS(=O)(=O)C[C@H]21)N1CCCCCC1. The molecule has 3 saturated heterocycles. The van der Waals surface area contributed by atoms with Crippen LogP contribution in [0, 0.1) is 0 Å². The number of likely N-dealkylation sites (tertiary alicyclic amines) is 1. The molecule has 3 aliphatic heterocycles. The predicted molar refractivity (Wildman–Crippen MR) is 91.5 cm³/mol. The van der Waals surface area contributed by atoms with Gasteiger partial charge in [-0.15, -0.1) is 0 Å². The van der Waals surface area contributed by atoms with Crippen LogP contribution in [-0.4, -0.2) is 104 Å². The summed E-state index contributed by atoms with van der Waals surface area (Å²) in [5.74, 6) is 0.412. The van der Waals surface area contributed by atoms with Gasteiger partial charge in [-0.25, -0.2) is 8.42 Å². The number of rotatable bonds is 4. The minimum absolute atomic E-state index is 0.0377. The van der Waals surface area contributed by atoms with Gasteiger partial charge >= 0.3 is 0 Å². The lowest BCUT2D eigenvalue weighted by Gasteiger charge is -2.43. The van der Waals surface area contributed by atoms with Gasteiger partial charge in [-0.3, -0.25) is 14.6 Å². The van der Waals surface area contributed by atoms with E-state index in [0.717, 1.165) is 25.9 Å². The summed E-state index contributed by atoms with van der Waals surface area (Å²) in [6, 6.07) is -0.209. The van der Waals surface area contributed by atoms with Crippen molar-refractivity contribution in [3.63, 3.8) is 0 Å². The summed E-state index contributed by atoms with van der Waals surface area (Å²) < 4.78 is 24.2. The van der Waals surface area contributed by atoms with Gasteiger partial charge in [0.25, 0.3) is 0 Å². The summed E-state index contributed by atoms with van der Waals surface area (Å²) in [4.78, 5) is 18.7. The predicted octanol–water partition coefficient (Wildman–Crippen LogP) is -0.835. The number of β-amino-alcohol motifs (C(OH)–C–C–N with tert-alkyl or cyclic N) is 1. The molecule has 0 spiro atoms. The van der Waals surface area contributed by atoms with E-state index in [4.69, 9.17) is 0 Å². The van der Waals surface area contributed by atoms with Crippen molar-refractivity contribution < 1.29 is 18.3 Å². The number of carbonyl (C=O) groups is 1. The second-order valence-electron chi connectivity index (χ2n) is 7.24. The first-order valence-electron chi connectivity index (χ1n) is 9.07. The van der Waals surface area contributed by atoms with E-state index in [2.05, 4.69) is 9.80 Å². The number of piperazine rings is 1. The maximum absolute atomic E-state index is 12.7. The van der Waals surface area contributed by atoms with Crippen LogP contribution < -0.4 is 0 Å². The quantitative estimate of drug-likeness (QED) is 0.705. The summed E-state index contributed by atoms with van der Waals surface area (Å²) in [5, 5.41) is 9.21. The van der Waals surface area contributed by atoms with Crippen LogP contribution in [0.15, 0.2) is 0 Å². The molecule has 0 aliphatic carbocycles. The molecule has 138 valence electrons. The van der Waals surface area contributed by atoms with Crippen molar-refractivity contribution in [1.29, 1.82) is 0 Å². The van der Waals surface area contributed by atoms with E-state index >= 15 is 0 Å². The third-order valence-corrected chi connectivity index (χ3v) is 7.29. The molecule has 3 rings (SSSR count). The Morgan fingerprint density at radius 2 is 1.50 bits per heavy atom. The molecule has 0 unspecified atom stereocenters. The molecule has 0 aromatic heterocycles. The molecule has 0 radical (unpaired) electrons. The average molecular weight is 359 g/mol. The number of fused-ring (bicyclic) bond motifs is 1. The highest BCUT2D eigenvalue weighted by Gasteiger charge is 2.46. The topological polar surface area (TPSA) is 81.2 Å². The Morgan fingerprint density at radius 3 is 2.12 bits per heavy atom. The monoisotopic (exact) mass is 359 g/mol. The number of aliphatic hydroxyl groups excluding tert-OH is 1. The van der Waals surface area contributed by atoms with Crippen LogP contribution in [0.5, 0.6) is 0 Å². The van der Waals surface area contributed by atoms with Gasteiger partial charge < -0.3 is 10.0 Å². The lowest BCUT2D eigenvalue weighted by Crippen LogP contribution is -2.61. The summed E-state index contributed by atoms with van der Waals surface area (Å²) in [5.41, 5.74) is 0. The summed E-state index contributed by atoms with van der Waals surface area (Å²) in [7, 11) is -3.07. The summed E-state index contributed by atoms with van der Waals surface area (Å²) >= 11 is 0. The minimum Gasteiger partial charge on any atom is -0.395 e. The maximum Gasteiger partial charge on any atom is 0.236 e. The number of sulfone groups is 1. The van der Waals surface area contributed by atoms with Crippen molar-refractivity contribution in [3.8, 4) is 0 Å². The molecule has 24 heavy (non-hydrogen) atoms. The lowest BCUT2D eigenvalue weighted by molar-refractivity contribution is -0.134. The molecule has 1 amide bonds. The highest BCUT2D eigenvalue weighted by Crippen LogP contribution is 2.26. The van der Waals surface area contributed by atoms with E-state index in [1.165, 1.54) is 12.8 Å². The van der Waals surface area contributed by atoms with Gasteiger partial charge in [0.1, 0.15) is 0 Å². The Hall–Kier alpha value is -0.700. The average Bonchev–Trinajstić information content (AvgIpc) is 2.73. The van der Waals surface area contributed by atoms with Crippen molar-refractivity contribution in [2.45, 2.75) is 37.8 Å². The molecule has 2 atom stereocenters. The van der Waals surface area contributed by atoms with Crippen molar-refractivity contribution in [3.05, 3.63) is 0 Å². The largest absolute Gasteiger partial charge is 0.395 e. The molecule has 3 fully saturated rings. The Bertz CT molecular complexity index is 546. The number of hydrogen-bond acceptors (Lipinski definition) is 6. The Kier molecular flexibility index (Phi) is 5.79. The van der Waals surface area contributed by atoms with Crippen molar-refractivity contribution in [2.75, 3.05) is 57.4 Å². The highest BCUT2D eigenvalue weighted by molar-refractivity contribution is 7.91. The van der Waals surface area contributed by atoms with Crippen LogP contribution in [0.1, 0.15) is 25.7 Å². The first-order valence-corrected chi connectivity index (χ1v) is 10.9. The molecule has 3 aliphatic rings. The van der Waals surface area contributed by atoms with E-state index < -0.39 is 9.84 Å². The van der Waals surface area contributed by atoms with E-state index in [-0.39, 0.29) is 36.1 Å². The lowest BCUT2D eigenvalue weighted by atomic mass is 10.0. The Balaban J connectivity index is 1.66. The molecule has 3 heterocycles. The van der Waals surface area contributed by atoms with Gasteiger partial charge in [0, 0.05) is 44.8 Å². The fourth-order valence-corrected chi connectivity index (χ4v) is 6.34. The molecule has 0 aromatic rings. The van der Waals surface area contributed by atoms with Gasteiger partial charge in [-0.2, -0.15) is 0 Å². The second-order valence-corrected chi connectivity index (χ2v) is 9.39. The molecule has 1 N–H and O–H groups in total. The molecule has 0 saturated carbocycles. The van der Waals surface area contributed by atoms with Gasteiger partial charge in [0.2, 0.25) is 5.91 Å². The molecular formula is C16H29N3O4S. The number of nitrogens with zero attached hydrogens (tertiary/aromatic N) is 3. The van der Waals surface area contributed by atoms with E-state index in [1.54, 1.807) is 0 Å². The zero-order chi connectivity index (χ0) is 17.2. The smallest absolute Gasteiger partial charge is 0.236 e. The number of hydrogen-bond donors (Lipinski definition) is 1. The first-order chi connectivity index (χ1) is 11.5. The zero-order valence-electron chi connectivity index (χ0n) is 14.3. The molecule has 0 bridgehead atoms. The van der Waals surface area contributed by atoms with Crippen LogP contribution in [0.3, 0.4) is 0 Å². The van der Waals surface area contributed by atoms with Crippen LogP contribution >= 0.6 is 0 Å². The number of carbonyl (C=O) groups excluding carboxylic acids is 1. The van der Waals surface area contributed by atoms with Crippen molar-refractivity contribution >= 4 is 15.7 Å². The van der Waals surface area contributed by atoms with E-state index in [1.807, 2.05) is 4.90 Å². The van der Waals surface area contributed by atoms with Crippen LogP contribution in [0.2, 0.25) is 0 Å². The van der Waals surface area contributed by atoms with Crippen LogP contribution in [-0.2, 0) is 14.6 Å². The Morgan fingerprint density at radius 1 is 0.917 bits per heavy atom. The van der Waals surface area contributed by atoms with Crippen molar-refractivity contribution in [2.24, 2.45) is 0 Å². The second kappa shape index (κ2) is 7.68. The zero-order valence-corrected chi connectivity index (χ0v) is 15.1. The molecule has 8 heteroatoms. The Labute approximate surface area is 144 Å². The number of amides is 1. The summed E-state index contributed by atoms with van der Waals surface area (Å²) in [6.07, 6.45) is 4.51. The van der Waals surface area contributed by atoms with Crippen LogP contribution in [0.4, 0.5) is 0 Å². The normalized spacial score (nSPS) is 31.6. The first kappa shape index (κ1) is 18.1. The standard InChI is InChI=1S/C16H29N3O4S/c20-10-9-17-7-8-19(15-13-24(22,23)12-14(15)17)11-16(21)18-5-3-1-2-4-6-18/h14-15,20H,1-13H2/t14-,15+/m0/s1. The van der Waals surface area contributed by atoms with E-state index in [9.17, 15) is 18.3 Å². The van der Waals surface area contributed by atoms with Crippen LogP contribution in [0.25, 0.3) is 0 Å². The molecule has 0 aromatic carbocycles. The third-order valence-electron chi connectivity index (χ3n) is 5.59. The minimum atomic E-state index is -3.07. The number of aliphatic hydroxyl groups is 1. The molecular weight excluding hydrogens is 330 g/mol. The highest BCUT2D eigenvalue weighted by atomic mass is 32.2. The summed E-state index contributed by atoms with van der Waals surface area (Å²) in [6.45, 7) is 3.93. The maximum atomic E-state index is 12.7. The fourth-order valence-electron chi connectivity index (χ4n) is 4.29. The van der Waals surface area contributed by atoms with E-state index in [0.29, 0.717) is 26.2 Å². The van der Waals surface area contributed by atoms with Gasteiger partial charge in [0.15, 0.2) is 9.84 Å². The van der Waals surface area contributed by atoms with Crippen molar-refractivity contribution in [1.82, 2.24) is 14.7 Å². The fraction of sp³-hybridized carbons (Fsp3) is 0.938. The van der Waals surface area contributed by atoms with Gasteiger partial charge in [-0.1, -0.05) is 12.8 Å². The van der Waals surface area contributed by atoms with Gasteiger partial charge in [0.05, 0.1) is 24.7 Å². The van der Waals surface area contributed by atoms with Gasteiger partial charge in [-0.05, 0) is 12.8 Å². The molecule has 7 nitrogen and oxygen atoms in total.